The zero-order valence-corrected chi connectivity index (χ0v) is 44.6. The summed E-state index contributed by atoms with van der Waals surface area (Å²) in [4.78, 5) is 98.2. The minimum atomic E-state index is -1.01. The number of amides is 4. The lowest BCUT2D eigenvalue weighted by Crippen LogP contribution is -2.32. The number of pyridine rings is 1. The fourth-order valence-electron chi connectivity index (χ4n) is 9.39. The summed E-state index contributed by atoms with van der Waals surface area (Å²) in [7, 11) is 1.67. The Labute approximate surface area is 446 Å². The van der Waals surface area contributed by atoms with Gasteiger partial charge in [-0.1, -0.05) is 19.9 Å². The van der Waals surface area contributed by atoms with E-state index in [4.69, 9.17) is 10.8 Å². The molecule has 0 spiro atoms. The molecule has 4 aromatic heterocycles. The van der Waals surface area contributed by atoms with Crippen LogP contribution in [-0.4, -0.2) is 126 Å². The highest BCUT2D eigenvalue weighted by molar-refractivity contribution is 14.1. The topological polar surface area (TPSA) is 248 Å². The average Bonchev–Trinajstić information content (AvgIpc) is 4.00. The summed E-state index contributed by atoms with van der Waals surface area (Å²) in [6, 6.07) is 20.7. The summed E-state index contributed by atoms with van der Waals surface area (Å²) in [6.07, 6.45) is 6.95. The third-order valence-corrected chi connectivity index (χ3v) is 13.6. The van der Waals surface area contributed by atoms with E-state index in [2.05, 4.69) is 60.1 Å². The number of carbonyl (C=O) groups excluding carboxylic acids is 4. The van der Waals surface area contributed by atoms with Crippen LogP contribution in [0.1, 0.15) is 125 Å². The van der Waals surface area contributed by atoms with Crippen LogP contribution in [0.25, 0.3) is 17.1 Å². The fourth-order valence-corrected chi connectivity index (χ4v) is 9.86. The summed E-state index contributed by atoms with van der Waals surface area (Å²) in [5.41, 5.74) is 13.5. The number of aromatic nitrogens is 7. The lowest BCUT2D eigenvalue weighted by atomic mass is 10.1. The Kier molecular flexibility index (Phi) is 15.9. The summed E-state index contributed by atoms with van der Waals surface area (Å²) in [5.74, 6) is 0.162. The number of halogens is 1. The van der Waals surface area contributed by atoms with E-state index >= 15 is 0 Å². The van der Waals surface area contributed by atoms with Gasteiger partial charge in [0.1, 0.15) is 23.3 Å². The van der Waals surface area contributed by atoms with E-state index in [1.807, 2.05) is 60.1 Å². The number of carboxylic acids is 2. The number of aliphatic carboxylic acids is 1. The van der Waals surface area contributed by atoms with Gasteiger partial charge in [-0.2, -0.15) is 0 Å². The molecular formula is C54H57IN12O8. The zero-order chi connectivity index (χ0) is 53.8. The molecule has 0 fully saturated rings. The van der Waals surface area contributed by atoms with E-state index in [0.717, 1.165) is 62.9 Å². The second kappa shape index (κ2) is 22.5. The SMILES string of the molecule is CCCN1Cc2ncc(C)n2-c2cc(C(=O)O)ccc2C1=O.CCCN1Cc2ncc(C)n2-c2cc(I)ccc2C1=O.Cc1cnc2n1-c1cc(C(=O)N(C)Cc3cccc(N)n3)ccc1C(=O)N(CCC(=O)O)C2. The van der Waals surface area contributed by atoms with Crippen LogP contribution >= 0.6 is 22.6 Å². The number of nitrogens with two attached hydrogens (primary N) is 1. The van der Waals surface area contributed by atoms with Crippen LogP contribution in [0.2, 0.25) is 0 Å². The van der Waals surface area contributed by atoms with Gasteiger partial charge in [-0.05, 0) is 123 Å². The van der Waals surface area contributed by atoms with Gasteiger partial charge in [0.15, 0.2) is 0 Å². The highest BCUT2D eigenvalue weighted by Gasteiger charge is 2.31. The van der Waals surface area contributed by atoms with Crippen LogP contribution in [0.15, 0.2) is 91.4 Å². The first-order chi connectivity index (χ1) is 35.9. The summed E-state index contributed by atoms with van der Waals surface area (Å²) < 4.78 is 6.93. The highest BCUT2D eigenvalue weighted by Crippen LogP contribution is 2.31. The summed E-state index contributed by atoms with van der Waals surface area (Å²) in [5, 5.41) is 18.3. The number of fused-ring (bicyclic) bond motifs is 9. The van der Waals surface area contributed by atoms with Gasteiger partial charge in [0.25, 0.3) is 23.6 Å². The Hall–Kier alpha value is -8.21. The van der Waals surface area contributed by atoms with Crippen molar-refractivity contribution in [3.63, 3.8) is 0 Å². The van der Waals surface area contributed by atoms with Crippen molar-refractivity contribution >= 4 is 64.0 Å². The Balaban J connectivity index is 0.000000156. The van der Waals surface area contributed by atoms with Gasteiger partial charge in [-0.3, -0.25) is 37.7 Å². The molecule has 388 valence electrons. The first-order valence-corrected chi connectivity index (χ1v) is 25.4. The third kappa shape index (κ3) is 11.2. The molecule has 4 amide bonds. The highest BCUT2D eigenvalue weighted by atomic mass is 127. The molecule has 0 radical (unpaired) electrons. The van der Waals surface area contributed by atoms with Crippen molar-refractivity contribution in [2.24, 2.45) is 0 Å². The summed E-state index contributed by atoms with van der Waals surface area (Å²) in [6.45, 7) is 12.8. The van der Waals surface area contributed by atoms with Crippen LogP contribution < -0.4 is 5.73 Å². The van der Waals surface area contributed by atoms with Crippen LogP contribution in [0.4, 0.5) is 5.82 Å². The van der Waals surface area contributed by atoms with Crippen molar-refractivity contribution in [1.82, 2.24) is 53.2 Å². The Morgan fingerprint density at radius 1 is 0.627 bits per heavy atom. The first kappa shape index (κ1) is 53.1. The number of carboxylic acid groups (broad SMARTS) is 2. The van der Waals surface area contributed by atoms with Gasteiger partial charge >= 0.3 is 11.9 Å². The maximum absolute atomic E-state index is 13.2. The van der Waals surface area contributed by atoms with E-state index in [-0.39, 0.29) is 55.2 Å². The molecule has 10 rings (SSSR count). The molecule has 0 aliphatic carbocycles. The van der Waals surface area contributed by atoms with Gasteiger partial charge in [0.2, 0.25) is 0 Å². The van der Waals surface area contributed by atoms with E-state index in [9.17, 15) is 33.9 Å². The number of anilines is 1. The molecule has 7 aromatic rings. The lowest BCUT2D eigenvalue weighted by Gasteiger charge is -2.20. The van der Waals surface area contributed by atoms with E-state index in [1.54, 1.807) is 72.9 Å². The number of aromatic carboxylic acids is 1. The van der Waals surface area contributed by atoms with Gasteiger partial charge in [0.05, 0.1) is 77.6 Å². The molecular weight excluding hydrogens is 1070 g/mol. The molecule has 3 aromatic carbocycles. The number of nitrogens with zero attached hydrogens (tertiary/aromatic N) is 11. The number of imidazole rings is 3. The molecule has 4 N–H and O–H groups in total. The first-order valence-electron chi connectivity index (χ1n) is 24.4. The largest absolute Gasteiger partial charge is 0.481 e. The number of hydrogen-bond acceptors (Lipinski definition) is 11. The van der Waals surface area contributed by atoms with Crippen LogP contribution in [0.5, 0.6) is 0 Å². The quantitative estimate of drug-likeness (QED) is 0.108. The van der Waals surface area contributed by atoms with Gasteiger partial charge in [-0.25, -0.2) is 24.7 Å². The number of nitrogen functional groups attached to an aromatic ring is 1. The zero-order valence-electron chi connectivity index (χ0n) is 42.4. The van der Waals surface area contributed by atoms with Gasteiger partial charge in [-0.15, -0.1) is 0 Å². The monoisotopic (exact) mass is 1130 g/mol. The molecule has 3 aliphatic heterocycles. The van der Waals surface area contributed by atoms with Crippen molar-refractivity contribution in [3.05, 3.63) is 163 Å². The predicted molar refractivity (Wildman–Crippen MR) is 286 cm³/mol. The molecule has 7 heterocycles. The molecule has 0 unspecified atom stereocenters. The molecule has 0 bridgehead atoms. The third-order valence-electron chi connectivity index (χ3n) is 12.9. The number of carbonyl (C=O) groups is 6. The normalized spacial score (nSPS) is 13.3. The van der Waals surface area contributed by atoms with E-state index in [1.165, 1.54) is 15.9 Å². The van der Waals surface area contributed by atoms with Crippen molar-refractivity contribution in [1.29, 1.82) is 0 Å². The number of benzene rings is 3. The Morgan fingerprint density at radius 2 is 1.07 bits per heavy atom. The maximum Gasteiger partial charge on any atom is 0.335 e. The molecule has 3 aliphatic rings. The van der Waals surface area contributed by atoms with Crippen LogP contribution in [0, 0.1) is 24.3 Å². The average molecular weight is 1130 g/mol. The molecule has 21 heteroatoms. The second-order valence-corrected chi connectivity index (χ2v) is 19.7. The molecule has 0 saturated carbocycles. The Morgan fingerprint density at radius 3 is 1.52 bits per heavy atom. The Bertz CT molecular complexity index is 3380. The van der Waals surface area contributed by atoms with Crippen molar-refractivity contribution < 1.29 is 39.0 Å². The van der Waals surface area contributed by atoms with E-state index < -0.39 is 11.9 Å². The minimum Gasteiger partial charge on any atom is -0.481 e. The standard InChI is InChI=1S/C23H24N6O4.C16H17N3O3.C15H16IN3O/c1-14-11-25-20-13-28(9-8-21(30)31)23(33)17-7-6-15(10-18(17)29(14)20)22(32)27(2)12-16-4-3-5-19(24)26-16;1-3-6-18-9-14-17-8-10(2)19(14)13-7-11(16(21)22)4-5-12(13)15(18)20;1-3-6-18-9-14-17-8-10(2)19(14)13-7-11(16)4-5-12(13)15(18)20/h3-7,10-11H,8-9,12-13H2,1-2H3,(H2,24,26)(H,30,31);4-5,7-8H,3,6,9H2,1-2H3,(H,21,22);4-5,7-8H,3,6,9H2,1-2H3. The fraction of sp³-hybridized carbons (Fsp3) is 0.296. The van der Waals surface area contributed by atoms with Gasteiger partial charge < -0.3 is 35.5 Å². The molecule has 20 nitrogen and oxygen atoms in total. The van der Waals surface area contributed by atoms with Crippen molar-refractivity contribution in [2.45, 2.75) is 80.1 Å². The minimum absolute atomic E-state index is 0.0656. The lowest BCUT2D eigenvalue weighted by molar-refractivity contribution is -0.137. The molecule has 75 heavy (non-hydrogen) atoms. The second-order valence-electron chi connectivity index (χ2n) is 18.4. The number of aryl methyl sites for hydroxylation is 3. The number of hydrogen-bond donors (Lipinski definition) is 3. The molecule has 0 atom stereocenters. The van der Waals surface area contributed by atoms with Crippen molar-refractivity contribution in [3.8, 4) is 17.1 Å². The van der Waals surface area contributed by atoms with Crippen LogP contribution in [-0.2, 0) is 31.0 Å². The maximum atomic E-state index is 13.2. The smallest absolute Gasteiger partial charge is 0.335 e. The van der Waals surface area contributed by atoms with Crippen molar-refractivity contribution in [2.75, 3.05) is 32.4 Å². The van der Waals surface area contributed by atoms with Gasteiger partial charge in [0, 0.05) is 71.5 Å². The van der Waals surface area contributed by atoms with Crippen LogP contribution in [0.3, 0.4) is 0 Å². The van der Waals surface area contributed by atoms with E-state index in [0.29, 0.717) is 65.0 Å². The molecule has 0 saturated heterocycles. The summed E-state index contributed by atoms with van der Waals surface area (Å²) >= 11 is 2.28. The number of rotatable bonds is 11. The predicted octanol–water partition coefficient (Wildman–Crippen LogP) is 7.26.